The number of piperidine rings is 1. The number of fused-ring (bicyclic) bond motifs is 1. The summed E-state index contributed by atoms with van der Waals surface area (Å²) in [6, 6.07) is 14.0. The topological polar surface area (TPSA) is 53.1 Å². The van der Waals surface area contributed by atoms with E-state index in [-0.39, 0.29) is 24.5 Å². The number of benzene rings is 2. The van der Waals surface area contributed by atoms with Crippen LogP contribution in [0.5, 0.6) is 0 Å². The number of cyclic esters (lactones) is 1. The molecule has 0 atom stereocenters. The zero-order valence-electron chi connectivity index (χ0n) is 19.4. The third-order valence-corrected chi connectivity index (χ3v) is 6.87. The summed E-state index contributed by atoms with van der Waals surface area (Å²) in [5.41, 5.74) is 4.07. The number of anilines is 2. The van der Waals surface area contributed by atoms with Crippen molar-refractivity contribution in [1.29, 1.82) is 0 Å². The first-order valence-electron chi connectivity index (χ1n) is 11.8. The Balaban J connectivity index is 1.30. The smallest absolute Gasteiger partial charge is 0.414 e. The van der Waals surface area contributed by atoms with Gasteiger partial charge in [0.15, 0.2) is 5.78 Å². The van der Waals surface area contributed by atoms with E-state index in [2.05, 4.69) is 47.9 Å². The number of halogens is 1. The molecule has 6 nitrogen and oxygen atoms in total. The fourth-order valence-electron chi connectivity index (χ4n) is 4.84. The molecule has 2 aromatic rings. The number of rotatable bonds is 8. The van der Waals surface area contributed by atoms with E-state index >= 15 is 0 Å². The van der Waals surface area contributed by atoms with Crippen LogP contribution < -0.4 is 9.80 Å². The summed E-state index contributed by atoms with van der Waals surface area (Å²) < 4.78 is 5.38. The van der Waals surface area contributed by atoms with Crippen LogP contribution in [0, 0.1) is 0 Å². The van der Waals surface area contributed by atoms with E-state index in [4.69, 9.17) is 16.3 Å². The van der Waals surface area contributed by atoms with Crippen molar-refractivity contribution in [2.45, 2.75) is 45.8 Å². The lowest BCUT2D eigenvalue weighted by molar-refractivity contribution is -0.119. The van der Waals surface area contributed by atoms with Crippen LogP contribution in [0.15, 0.2) is 42.5 Å². The minimum absolute atomic E-state index is 0.0664. The van der Waals surface area contributed by atoms with Gasteiger partial charge in [0.1, 0.15) is 6.61 Å². The van der Waals surface area contributed by atoms with Crippen molar-refractivity contribution >= 4 is 34.9 Å². The molecule has 1 fully saturated rings. The van der Waals surface area contributed by atoms with Gasteiger partial charge >= 0.3 is 6.09 Å². The van der Waals surface area contributed by atoms with Gasteiger partial charge in [-0.05, 0) is 62.6 Å². The summed E-state index contributed by atoms with van der Waals surface area (Å²) >= 11 is 6.11. The summed E-state index contributed by atoms with van der Waals surface area (Å²) in [4.78, 5) is 31.5. The van der Waals surface area contributed by atoms with Gasteiger partial charge in [-0.1, -0.05) is 23.7 Å². The summed E-state index contributed by atoms with van der Waals surface area (Å²) in [5, 5.41) is 0.641. The lowest BCUT2D eigenvalue weighted by Crippen LogP contribution is -2.50. The molecule has 0 unspecified atom stereocenters. The molecule has 0 radical (unpaired) electrons. The number of carbonyl (C=O) groups is 2. The fourth-order valence-corrected chi connectivity index (χ4v) is 5.03. The van der Waals surface area contributed by atoms with Gasteiger partial charge in [-0.25, -0.2) is 4.79 Å². The molecule has 0 saturated carbocycles. The highest BCUT2D eigenvalue weighted by molar-refractivity contribution is 6.30. The maximum atomic E-state index is 12.7. The Morgan fingerprint density at radius 3 is 2.45 bits per heavy atom. The molecule has 2 aromatic carbocycles. The molecule has 4 rings (SSSR count). The monoisotopic (exact) mass is 469 g/mol. The van der Waals surface area contributed by atoms with Crippen molar-refractivity contribution in [1.82, 2.24) is 4.90 Å². The van der Waals surface area contributed by atoms with Crippen molar-refractivity contribution in [3.8, 4) is 0 Å². The van der Waals surface area contributed by atoms with Gasteiger partial charge in [-0.3, -0.25) is 14.6 Å². The van der Waals surface area contributed by atoms with Crippen molar-refractivity contribution in [2.24, 2.45) is 0 Å². The third kappa shape index (κ3) is 5.50. The van der Waals surface area contributed by atoms with Crippen LogP contribution in [0.3, 0.4) is 0 Å². The summed E-state index contributed by atoms with van der Waals surface area (Å²) in [5.74, 6) is 0.224. The first-order chi connectivity index (χ1) is 16.0. The Hall–Kier alpha value is -2.57. The molecule has 33 heavy (non-hydrogen) atoms. The largest absolute Gasteiger partial charge is 0.444 e. The second-order valence-corrected chi connectivity index (χ2v) is 9.20. The predicted molar refractivity (Wildman–Crippen MR) is 132 cm³/mol. The molecule has 0 N–H and O–H groups in total. The average molecular weight is 470 g/mol. The molecular weight excluding hydrogens is 438 g/mol. The molecule has 0 aliphatic carbocycles. The third-order valence-electron chi connectivity index (χ3n) is 6.64. The van der Waals surface area contributed by atoms with E-state index in [0.717, 1.165) is 55.8 Å². The van der Waals surface area contributed by atoms with E-state index in [1.807, 2.05) is 18.2 Å². The summed E-state index contributed by atoms with van der Waals surface area (Å²) in [6.45, 7) is 8.50. The molecule has 2 heterocycles. The number of nitrogens with zero attached hydrogens (tertiary/aromatic N) is 3. The zero-order valence-corrected chi connectivity index (χ0v) is 20.2. The zero-order chi connectivity index (χ0) is 23.4. The summed E-state index contributed by atoms with van der Waals surface area (Å²) in [7, 11) is 0. The molecule has 176 valence electrons. The molecule has 7 heteroatoms. The van der Waals surface area contributed by atoms with E-state index < -0.39 is 0 Å². The Morgan fingerprint density at radius 2 is 1.79 bits per heavy atom. The number of carbonyl (C=O) groups excluding carboxylic acids is 2. The molecule has 1 saturated heterocycles. The van der Waals surface area contributed by atoms with Gasteiger partial charge in [0.2, 0.25) is 0 Å². The summed E-state index contributed by atoms with van der Waals surface area (Å²) in [6.07, 6.45) is 1.77. The Morgan fingerprint density at radius 1 is 1.09 bits per heavy atom. The van der Waals surface area contributed by atoms with Crippen LogP contribution >= 0.6 is 11.6 Å². The normalized spacial score (nSPS) is 16.9. The van der Waals surface area contributed by atoms with Gasteiger partial charge in [-0.2, -0.15) is 0 Å². The quantitative estimate of drug-likeness (QED) is 0.549. The fraction of sp³-hybridized carbons (Fsp3) is 0.462. The van der Waals surface area contributed by atoms with Gasteiger partial charge in [0.25, 0.3) is 0 Å². The number of ether oxygens (including phenoxy) is 1. The van der Waals surface area contributed by atoms with Crippen LogP contribution in [-0.4, -0.2) is 55.5 Å². The lowest BCUT2D eigenvalue weighted by atomic mass is 10.00. The van der Waals surface area contributed by atoms with Gasteiger partial charge in [0, 0.05) is 54.9 Å². The maximum Gasteiger partial charge on any atom is 0.414 e. The van der Waals surface area contributed by atoms with Gasteiger partial charge < -0.3 is 9.64 Å². The maximum absolute atomic E-state index is 12.7. The van der Waals surface area contributed by atoms with Crippen LogP contribution in [0.1, 0.15) is 37.8 Å². The van der Waals surface area contributed by atoms with Crippen LogP contribution in [0.2, 0.25) is 5.02 Å². The minimum atomic E-state index is -0.299. The van der Waals surface area contributed by atoms with E-state index in [9.17, 15) is 9.59 Å². The molecule has 0 aromatic heterocycles. The van der Waals surface area contributed by atoms with E-state index in [1.54, 1.807) is 4.90 Å². The number of amides is 1. The molecule has 0 spiro atoms. The number of likely N-dealkylation sites (tertiary alicyclic amines) is 1. The number of hydrogen-bond acceptors (Lipinski definition) is 5. The highest BCUT2D eigenvalue weighted by Crippen LogP contribution is 2.33. The van der Waals surface area contributed by atoms with Crippen molar-refractivity contribution in [2.75, 3.05) is 42.5 Å². The van der Waals surface area contributed by atoms with Crippen molar-refractivity contribution < 1.29 is 14.3 Å². The van der Waals surface area contributed by atoms with E-state index in [0.29, 0.717) is 18.0 Å². The lowest BCUT2D eigenvalue weighted by Gasteiger charge is -2.40. The number of Topliss-reactive ketones (excluding diaryl/α,β-unsaturated/α-hetero) is 1. The minimum Gasteiger partial charge on any atom is -0.444 e. The van der Waals surface area contributed by atoms with Crippen molar-refractivity contribution in [3.05, 3.63) is 58.6 Å². The second-order valence-electron chi connectivity index (χ2n) is 8.76. The Labute approximate surface area is 201 Å². The highest BCUT2D eigenvalue weighted by atomic mass is 35.5. The molecule has 0 bridgehead atoms. The van der Waals surface area contributed by atoms with Crippen LogP contribution in [0.25, 0.3) is 0 Å². The number of ketones is 1. The van der Waals surface area contributed by atoms with Gasteiger partial charge in [0.05, 0.1) is 12.2 Å². The van der Waals surface area contributed by atoms with Crippen molar-refractivity contribution in [3.63, 3.8) is 0 Å². The SMILES string of the molecule is CCN(CC)c1ccc(CC(=O)CN2CCC(N3C(=O)OCc4cc(Cl)ccc43)CC2)cc1. The molecular formula is C26H32ClN3O3. The molecule has 2 aliphatic rings. The highest BCUT2D eigenvalue weighted by Gasteiger charge is 2.34. The van der Waals surface area contributed by atoms with Crippen LogP contribution in [0.4, 0.5) is 16.2 Å². The molecule has 1 amide bonds. The standard InChI is InChI=1S/C26H32ClN3O3/c1-3-29(4-2)22-8-5-19(6-9-22)15-24(31)17-28-13-11-23(12-14-28)30-25-10-7-21(27)16-20(25)18-33-26(30)32/h5-10,16,23H,3-4,11-15,17-18H2,1-2H3. The first kappa shape index (κ1) is 23.6. The first-order valence-corrected chi connectivity index (χ1v) is 12.2. The van der Waals surface area contributed by atoms with Crippen LogP contribution in [-0.2, 0) is 22.6 Å². The number of hydrogen-bond donors (Lipinski definition) is 0. The van der Waals surface area contributed by atoms with E-state index in [1.165, 1.54) is 5.69 Å². The predicted octanol–water partition coefficient (Wildman–Crippen LogP) is 4.92. The average Bonchev–Trinajstić information content (AvgIpc) is 2.82. The van der Waals surface area contributed by atoms with Gasteiger partial charge in [-0.15, -0.1) is 0 Å². The second kappa shape index (κ2) is 10.6. The molecule has 2 aliphatic heterocycles. The Bertz CT molecular complexity index is 983. The Kier molecular flexibility index (Phi) is 7.56.